The minimum atomic E-state index is -0.511. The average Bonchev–Trinajstić information content (AvgIpc) is 3.47. The van der Waals surface area contributed by atoms with Crippen LogP contribution in [-0.4, -0.2) is 80.4 Å². The van der Waals surface area contributed by atoms with Crippen LogP contribution in [0.4, 0.5) is 0 Å². The number of esters is 1. The number of aliphatic hydroxyl groups is 1. The molecule has 0 radical (unpaired) electrons. The van der Waals surface area contributed by atoms with Crippen molar-refractivity contribution in [2.24, 2.45) is 5.41 Å². The quantitative estimate of drug-likeness (QED) is 0.705. The molecule has 0 unspecified atom stereocenters. The Morgan fingerprint density at radius 3 is 2.38 bits per heavy atom. The van der Waals surface area contributed by atoms with Gasteiger partial charge in [-0.15, -0.1) is 5.10 Å². The molecule has 1 aromatic carbocycles. The summed E-state index contributed by atoms with van der Waals surface area (Å²) in [6, 6.07) is 7.73. The van der Waals surface area contributed by atoms with Gasteiger partial charge in [0.25, 0.3) is 0 Å². The van der Waals surface area contributed by atoms with Crippen LogP contribution in [0.1, 0.15) is 44.3 Å². The molecular weight excluding hydrogens is 408 g/mol. The smallest absolute Gasteiger partial charge is 0.335 e. The summed E-state index contributed by atoms with van der Waals surface area (Å²) < 4.78 is 6.78. The van der Waals surface area contributed by atoms with Gasteiger partial charge in [0.05, 0.1) is 23.1 Å². The number of aliphatic hydroxyl groups excluding tert-OH is 1. The third-order valence-corrected chi connectivity index (χ3v) is 7.52. The van der Waals surface area contributed by atoms with Gasteiger partial charge in [-0.1, -0.05) is 12.1 Å². The highest BCUT2D eigenvalue weighted by Gasteiger charge is 2.39. The van der Waals surface area contributed by atoms with Crippen molar-refractivity contribution >= 4 is 5.97 Å². The molecule has 5 rings (SSSR count). The summed E-state index contributed by atoms with van der Waals surface area (Å²) >= 11 is 0. The molecular formula is C23H30N6O3. The Hall–Kier alpha value is -2.78. The molecule has 2 aromatic rings. The predicted molar refractivity (Wildman–Crippen MR) is 117 cm³/mol. The first kappa shape index (κ1) is 21.1. The summed E-state index contributed by atoms with van der Waals surface area (Å²) in [6.45, 7) is 6.99. The van der Waals surface area contributed by atoms with Crippen LogP contribution in [-0.2, 0) is 9.53 Å². The molecule has 4 heterocycles. The molecule has 0 saturated carbocycles. The zero-order chi connectivity index (χ0) is 22.1. The number of rotatable bonds is 5. The van der Waals surface area contributed by atoms with Crippen LogP contribution in [0.25, 0.3) is 5.69 Å². The van der Waals surface area contributed by atoms with Crippen molar-refractivity contribution in [1.29, 1.82) is 0 Å². The van der Waals surface area contributed by atoms with E-state index in [2.05, 4.69) is 25.3 Å². The van der Waals surface area contributed by atoms with Crippen LogP contribution >= 0.6 is 0 Å². The lowest BCUT2D eigenvalue weighted by Crippen LogP contribution is -2.47. The number of carbonyl (C=O) groups is 1. The maximum absolute atomic E-state index is 11.7. The van der Waals surface area contributed by atoms with Gasteiger partial charge in [0.15, 0.2) is 0 Å². The number of hydrogen-bond acceptors (Lipinski definition) is 8. The van der Waals surface area contributed by atoms with Crippen LogP contribution < -0.4 is 0 Å². The number of likely N-dealkylation sites (tertiary alicyclic amines) is 2. The van der Waals surface area contributed by atoms with Crippen molar-refractivity contribution in [1.82, 2.24) is 30.0 Å². The van der Waals surface area contributed by atoms with E-state index in [-0.39, 0.29) is 5.97 Å². The average molecular weight is 439 g/mol. The molecule has 170 valence electrons. The molecule has 1 N–H and O–H groups in total. The third-order valence-electron chi connectivity index (χ3n) is 7.52. The zero-order valence-corrected chi connectivity index (χ0v) is 18.5. The lowest BCUT2D eigenvalue weighted by molar-refractivity contribution is -0.136. The molecule has 1 aromatic heterocycles. The van der Waals surface area contributed by atoms with Crippen molar-refractivity contribution in [2.75, 3.05) is 39.3 Å². The second kappa shape index (κ2) is 8.63. The van der Waals surface area contributed by atoms with Gasteiger partial charge in [0, 0.05) is 19.6 Å². The van der Waals surface area contributed by atoms with E-state index in [1.165, 1.54) is 12.8 Å². The Morgan fingerprint density at radius 2 is 1.78 bits per heavy atom. The molecule has 2 fully saturated rings. The molecule has 0 aliphatic carbocycles. The normalized spacial score (nSPS) is 22.4. The van der Waals surface area contributed by atoms with Gasteiger partial charge >= 0.3 is 5.97 Å². The highest BCUT2D eigenvalue weighted by molar-refractivity contribution is 5.90. The van der Waals surface area contributed by atoms with E-state index in [9.17, 15) is 9.90 Å². The van der Waals surface area contributed by atoms with Crippen molar-refractivity contribution < 1.29 is 14.6 Å². The van der Waals surface area contributed by atoms with E-state index in [1.807, 2.05) is 31.2 Å². The fraction of sp³-hybridized carbons (Fsp3) is 0.565. The first-order valence-corrected chi connectivity index (χ1v) is 11.4. The van der Waals surface area contributed by atoms with Gasteiger partial charge in [-0.2, -0.15) is 0 Å². The van der Waals surface area contributed by atoms with Crippen molar-refractivity contribution in [2.45, 2.75) is 38.7 Å². The molecule has 1 spiro atoms. The fourth-order valence-corrected chi connectivity index (χ4v) is 5.24. The Bertz CT molecular complexity index is 970. The molecule has 3 aliphatic rings. The molecule has 1 atom stereocenters. The maximum atomic E-state index is 11.7. The molecule has 0 amide bonds. The molecule has 3 aliphatic heterocycles. The SMILES string of the molecule is CC1=C(N2CCC3(CCN(C[C@@H](O)c4ccc(-n5cnnn5)cc4)CC3)CC2)COC1=O. The third kappa shape index (κ3) is 4.14. The van der Waals surface area contributed by atoms with Crippen molar-refractivity contribution in [3.63, 3.8) is 0 Å². The molecule has 0 bridgehead atoms. The molecule has 9 nitrogen and oxygen atoms in total. The van der Waals surface area contributed by atoms with E-state index in [0.29, 0.717) is 18.6 Å². The van der Waals surface area contributed by atoms with Gasteiger partial charge in [-0.05, 0) is 79.2 Å². The second-order valence-corrected chi connectivity index (χ2v) is 9.30. The van der Waals surface area contributed by atoms with E-state index < -0.39 is 6.10 Å². The number of β-amino-alcohol motifs (C(OH)–C–C–N with tert-alkyl or cyclic N) is 1. The Morgan fingerprint density at radius 1 is 1.09 bits per heavy atom. The fourth-order valence-electron chi connectivity index (χ4n) is 5.24. The van der Waals surface area contributed by atoms with Crippen LogP contribution in [0.5, 0.6) is 0 Å². The van der Waals surface area contributed by atoms with Crippen molar-refractivity contribution in [3.05, 3.63) is 47.4 Å². The number of tetrazole rings is 1. The van der Waals surface area contributed by atoms with E-state index in [0.717, 1.165) is 61.5 Å². The van der Waals surface area contributed by atoms with E-state index in [1.54, 1.807) is 11.0 Å². The molecule has 32 heavy (non-hydrogen) atoms. The van der Waals surface area contributed by atoms with Gasteiger partial charge < -0.3 is 19.6 Å². The number of hydrogen-bond donors (Lipinski definition) is 1. The first-order valence-electron chi connectivity index (χ1n) is 11.4. The number of nitrogens with zero attached hydrogens (tertiary/aromatic N) is 6. The summed E-state index contributed by atoms with van der Waals surface area (Å²) in [5.74, 6) is -0.169. The van der Waals surface area contributed by atoms with E-state index in [4.69, 9.17) is 4.74 Å². The van der Waals surface area contributed by atoms with Crippen LogP contribution in [0.15, 0.2) is 41.9 Å². The number of benzene rings is 1. The van der Waals surface area contributed by atoms with Gasteiger partial charge in [-0.3, -0.25) is 0 Å². The zero-order valence-electron chi connectivity index (χ0n) is 18.5. The first-order chi connectivity index (χ1) is 15.5. The summed E-state index contributed by atoms with van der Waals surface area (Å²) in [5, 5.41) is 22.0. The standard InChI is InChI=1S/C23H30N6O3/c1-17-20(15-32-22(17)31)28-12-8-23(9-13-28)6-10-27(11-7-23)14-21(30)18-2-4-19(5-3-18)29-16-24-25-26-29/h2-5,16,21,30H,6-15H2,1H3/t21-/m1/s1. The van der Waals surface area contributed by atoms with Crippen LogP contribution in [0, 0.1) is 5.41 Å². The highest BCUT2D eigenvalue weighted by Crippen LogP contribution is 2.42. The number of cyclic esters (lactones) is 1. The van der Waals surface area contributed by atoms with Crippen LogP contribution in [0.2, 0.25) is 0 Å². The summed E-state index contributed by atoms with van der Waals surface area (Å²) in [6.07, 6.45) is 5.69. The summed E-state index contributed by atoms with van der Waals surface area (Å²) in [7, 11) is 0. The second-order valence-electron chi connectivity index (χ2n) is 9.30. The van der Waals surface area contributed by atoms with Gasteiger partial charge in [0.1, 0.15) is 12.9 Å². The predicted octanol–water partition coefficient (Wildman–Crippen LogP) is 1.70. The minimum absolute atomic E-state index is 0.169. The topological polar surface area (TPSA) is 96.6 Å². The number of piperidine rings is 2. The van der Waals surface area contributed by atoms with E-state index >= 15 is 0 Å². The largest absolute Gasteiger partial charge is 0.456 e. The summed E-state index contributed by atoms with van der Waals surface area (Å²) in [5.41, 5.74) is 4.03. The Labute approximate surface area is 187 Å². The number of aromatic nitrogens is 4. The number of carbonyl (C=O) groups excluding carboxylic acids is 1. The Balaban J connectivity index is 1.12. The summed E-state index contributed by atoms with van der Waals surface area (Å²) in [4.78, 5) is 16.4. The Kier molecular flexibility index (Phi) is 5.69. The maximum Gasteiger partial charge on any atom is 0.335 e. The highest BCUT2D eigenvalue weighted by atomic mass is 16.5. The number of ether oxygens (including phenoxy) is 1. The van der Waals surface area contributed by atoms with Crippen LogP contribution in [0.3, 0.4) is 0 Å². The van der Waals surface area contributed by atoms with Gasteiger partial charge in [0.2, 0.25) is 0 Å². The van der Waals surface area contributed by atoms with Crippen molar-refractivity contribution in [3.8, 4) is 5.69 Å². The lowest BCUT2D eigenvalue weighted by Gasteiger charge is -2.47. The molecule has 2 saturated heterocycles. The minimum Gasteiger partial charge on any atom is -0.456 e. The molecule has 9 heteroatoms. The van der Waals surface area contributed by atoms with Gasteiger partial charge in [-0.25, -0.2) is 9.48 Å². The monoisotopic (exact) mass is 438 g/mol. The lowest BCUT2D eigenvalue weighted by atomic mass is 9.71.